The summed E-state index contributed by atoms with van der Waals surface area (Å²) in [5.74, 6) is 8.13. The van der Waals surface area contributed by atoms with E-state index in [1.54, 1.807) is 0 Å². The molecule has 0 spiro atoms. The molecule has 0 radical (unpaired) electrons. The number of anilines is 1. The molecule has 0 unspecified atom stereocenters. The molecule has 0 aliphatic rings. The average Bonchev–Trinajstić information content (AvgIpc) is 2.95. The van der Waals surface area contributed by atoms with Crippen molar-refractivity contribution in [3.05, 3.63) is 53.8 Å². The molecule has 0 saturated heterocycles. The number of benzene rings is 1. The van der Waals surface area contributed by atoms with Crippen molar-refractivity contribution >= 4 is 5.82 Å². The average molecular weight is 280 g/mol. The van der Waals surface area contributed by atoms with Crippen LogP contribution in [-0.4, -0.2) is 9.97 Å². The molecule has 2 heterocycles. The highest BCUT2D eigenvalue weighted by molar-refractivity contribution is 5.70. The molecule has 2 aromatic heterocycles. The van der Waals surface area contributed by atoms with Crippen LogP contribution in [0.1, 0.15) is 11.3 Å². The molecule has 106 valence electrons. The van der Waals surface area contributed by atoms with E-state index in [1.807, 2.05) is 56.3 Å². The van der Waals surface area contributed by atoms with Gasteiger partial charge in [-0.15, -0.1) is 0 Å². The van der Waals surface area contributed by atoms with Crippen molar-refractivity contribution < 1.29 is 4.42 Å². The molecular weight excluding hydrogens is 264 g/mol. The third-order valence-electron chi connectivity index (χ3n) is 3.29. The molecule has 0 aliphatic carbocycles. The Labute approximate surface area is 122 Å². The Morgan fingerprint density at radius 2 is 1.76 bits per heavy atom. The number of nitrogens with zero attached hydrogens (tertiary/aromatic N) is 2. The van der Waals surface area contributed by atoms with Crippen molar-refractivity contribution in [2.24, 2.45) is 5.84 Å². The summed E-state index contributed by atoms with van der Waals surface area (Å²) < 4.78 is 5.61. The number of nitrogen functional groups attached to an aromatic ring is 1. The first-order valence-electron chi connectivity index (χ1n) is 6.66. The monoisotopic (exact) mass is 280 g/mol. The zero-order valence-corrected chi connectivity index (χ0v) is 11.9. The second-order valence-electron chi connectivity index (χ2n) is 4.79. The van der Waals surface area contributed by atoms with Crippen molar-refractivity contribution in [1.29, 1.82) is 0 Å². The maximum absolute atomic E-state index is 5.61. The maximum atomic E-state index is 5.61. The fourth-order valence-electron chi connectivity index (χ4n) is 2.20. The molecule has 3 aromatic rings. The van der Waals surface area contributed by atoms with Crippen molar-refractivity contribution in [2.75, 3.05) is 5.43 Å². The zero-order valence-electron chi connectivity index (χ0n) is 11.9. The summed E-state index contributed by atoms with van der Waals surface area (Å²) in [5.41, 5.74) is 5.38. The van der Waals surface area contributed by atoms with Crippen LogP contribution in [0.15, 0.2) is 46.9 Å². The summed E-state index contributed by atoms with van der Waals surface area (Å²) in [6, 6.07) is 13.7. The smallest absolute Gasteiger partial charge is 0.198 e. The molecule has 0 atom stereocenters. The highest BCUT2D eigenvalue weighted by atomic mass is 16.3. The van der Waals surface area contributed by atoms with Crippen molar-refractivity contribution in [3.8, 4) is 22.8 Å². The molecule has 0 fully saturated rings. The van der Waals surface area contributed by atoms with E-state index >= 15 is 0 Å². The first kappa shape index (κ1) is 13.3. The molecule has 0 saturated carbocycles. The van der Waals surface area contributed by atoms with E-state index in [1.165, 1.54) is 0 Å². The minimum absolute atomic E-state index is 0.514. The van der Waals surface area contributed by atoms with Gasteiger partial charge in [-0.05, 0) is 26.0 Å². The summed E-state index contributed by atoms with van der Waals surface area (Å²) in [4.78, 5) is 9.05. The van der Waals surface area contributed by atoms with Crippen LogP contribution in [0, 0.1) is 13.8 Å². The molecule has 0 bridgehead atoms. The van der Waals surface area contributed by atoms with Crippen molar-refractivity contribution in [2.45, 2.75) is 13.8 Å². The molecular formula is C16H16N4O. The number of furan rings is 1. The van der Waals surface area contributed by atoms with Gasteiger partial charge in [0, 0.05) is 11.1 Å². The Balaban J connectivity index is 2.20. The topological polar surface area (TPSA) is 77.0 Å². The minimum atomic E-state index is 0.514. The molecule has 3 rings (SSSR count). The van der Waals surface area contributed by atoms with E-state index < -0.39 is 0 Å². The normalized spacial score (nSPS) is 10.6. The quantitative estimate of drug-likeness (QED) is 0.568. The second-order valence-corrected chi connectivity index (χ2v) is 4.79. The molecule has 0 amide bonds. The Bertz CT molecular complexity index is 765. The van der Waals surface area contributed by atoms with Gasteiger partial charge in [-0.2, -0.15) is 0 Å². The predicted molar refractivity (Wildman–Crippen MR) is 82.5 cm³/mol. The van der Waals surface area contributed by atoms with Crippen molar-refractivity contribution in [1.82, 2.24) is 9.97 Å². The largest absolute Gasteiger partial charge is 0.458 e. The number of nitrogens with one attached hydrogen (secondary N) is 1. The third-order valence-corrected chi connectivity index (χ3v) is 3.29. The maximum Gasteiger partial charge on any atom is 0.198 e. The molecule has 1 aromatic carbocycles. The van der Waals surface area contributed by atoms with Crippen LogP contribution in [0.4, 0.5) is 5.82 Å². The van der Waals surface area contributed by atoms with Gasteiger partial charge in [-0.1, -0.05) is 30.3 Å². The van der Waals surface area contributed by atoms with Gasteiger partial charge < -0.3 is 9.84 Å². The van der Waals surface area contributed by atoms with Gasteiger partial charge >= 0.3 is 0 Å². The second kappa shape index (κ2) is 5.38. The molecule has 3 N–H and O–H groups in total. The van der Waals surface area contributed by atoms with Gasteiger partial charge in [0.05, 0.1) is 5.69 Å². The minimum Gasteiger partial charge on any atom is -0.458 e. The van der Waals surface area contributed by atoms with Gasteiger partial charge in [0.2, 0.25) is 0 Å². The Kier molecular flexibility index (Phi) is 3.41. The molecule has 5 heteroatoms. The van der Waals surface area contributed by atoms with Gasteiger partial charge in [0.25, 0.3) is 0 Å². The van der Waals surface area contributed by atoms with Crippen LogP contribution in [0.2, 0.25) is 0 Å². The molecule has 21 heavy (non-hydrogen) atoms. The van der Waals surface area contributed by atoms with E-state index in [0.29, 0.717) is 17.4 Å². The lowest BCUT2D eigenvalue weighted by Gasteiger charge is -2.11. The van der Waals surface area contributed by atoms with E-state index in [0.717, 1.165) is 22.6 Å². The van der Waals surface area contributed by atoms with Crippen LogP contribution >= 0.6 is 0 Å². The number of rotatable bonds is 3. The van der Waals surface area contributed by atoms with E-state index in [2.05, 4.69) is 15.4 Å². The van der Waals surface area contributed by atoms with Crippen LogP contribution in [0.5, 0.6) is 0 Å². The fourth-order valence-corrected chi connectivity index (χ4v) is 2.20. The number of hydrogen-bond acceptors (Lipinski definition) is 5. The van der Waals surface area contributed by atoms with Crippen LogP contribution in [-0.2, 0) is 0 Å². The number of hydrazine groups is 1. The first-order valence-corrected chi connectivity index (χ1v) is 6.66. The summed E-state index contributed by atoms with van der Waals surface area (Å²) in [5, 5.41) is 0. The van der Waals surface area contributed by atoms with E-state index in [9.17, 15) is 0 Å². The highest BCUT2D eigenvalue weighted by Gasteiger charge is 2.15. The predicted octanol–water partition coefficient (Wildman–Crippen LogP) is 3.31. The number of aryl methyl sites for hydroxylation is 1. The molecule has 0 aliphatic heterocycles. The summed E-state index contributed by atoms with van der Waals surface area (Å²) in [6.07, 6.45) is 0. The number of aromatic nitrogens is 2. The van der Waals surface area contributed by atoms with Crippen LogP contribution in [0.3, 0.4) is 0 Å². The summed E-state index contributed by atoms with van der Waals surface area (Å²) in [6.45, 7) is 3.83. The Morgan fingerprint density at radius 3 is 2.38 bits per heavy atom. The lowest BCUT2D eigenvalue weighted by atomic mass is 10.1. The molecule has 5 nitrogen and oxygen atoms in total. The first-order chi connectivity index (χ1) is 10.2. The van der Waals surface area contributed by atoms with E-state index in [4.69, 9.17) is 10.3 Å². The van der Waals surface area contributed by atoms with Gasteiger partial charge in [0.1, 0.15) is 11.6 Å². The summed E-state index contributed by atoms with van der Waals surface area (Å²) in [7, 11) is 0. The SMILES string of the molecule is Cc1ccc(-c2nc(NN)c(C)c(-c3ccccc3)n2)o1. The van der Waals surface area contributed by atoms with Crippen LogP contribution in [0.25, 0.3) is 22.8 Å². The van der Waals surface area contributed by atoms with E-state index in [-0.39, 0.29) is 0 Å². The van der Waals surface area contributed by atoms with Crippen molar-refractivity contribution in [3.63, 3.8) is 0 Å². The Hall–Kier alpha value is -2.66. The standard InChI is InChI=1S/C16H16N4O/c1-10-8-9-13(21-10)16-18-14(11(2)15(19-16)20-17)12-6-4-3-5-7-12/h3-9H,17H2,1-2H3,(H,18,19,20). The van der Waals surface area contributed by atoms with Gasteiger partial charge in [0.15, 0.2) is 11.6 Å². The van der Waals surface area contributed by atoms with Crippen LogP contribution < -0.4 is 11.3 Å². The zero-order chi connectivity index (χ0) is 14.8. The number of hydrogen-bond donors (Lipinski definition) is 2. The van der Waals surface area contributed by atoms with Gasteiger partial charge in [-0.25, -0.2) is 15.8 Å². The third kappa shape index (κ3) is 2.51. The van der Waals surface area contributed by atoms with Gasteiger partial charge in [-0.3, -0.25) is 0 Å². The lowest BCUT2D eigenvalue weighted by molar-refractivity contribution is 0.544. The fraction of sp³-hybridized carbons (Fsp3) is 0.125. The summed E-state index contributed by atoms with van der Waals surface area (Å²) >= 11 is 0. The highest BCUT2D eigenvalue weighted by Crippen LogP contribution is 2.29. The lowest BCUT2D eigenvalue weighted by Crippen LogP contribution is -2.12. The number of nitrogens with two attached hydrogens (primary N) is 1. The Morgan fingerprint density at radius 1 is 1.00 bits per heavy atom.